The standard InChI is InChI=1S/C14H30O8S/c1-2-3-4-5-6-7-8-9-10-11-12-21-23(19,20)22-13(15)14(16,17)18/h13,15-18H,2-12H2,1H3. The van der Waals surface area contributed by atoms with E-state index in [1.165, 1.54) is 38.5 Å². The Morgan fingerprint density at radius 2 is 1.30 bits per heavy atom. The van der Waals surface area contributed by atoms with Crippen molar-refractivity contribution in [3.05, 3.63) is 0 Å². The molecule has 0 aliphatic carbocycles. The van der Waals surface area contributed by atoms with Crippen LogP contribution in [-0.2, 0) is 18.8 Å². The van der Waals surface area contributed by atoms with Gasteiger partial charge in [0.1, 0.15) is 0 Å². The predicted octanol–water partition coefficient (Wildman–Crippen LogP) is 1.13. The van der Waals surface area contributed by atoms with E-state index in [0.717, 1.165) is 19.3 Å². The van der Waals surface area contributed by atoms with Crippen LogP contribution in [0.3, 0.4) is 0 Å². The van der Waals surface area contributed by atoms with Gasteiger partial charge in [-0.1, -0.05) is 64.7 Å². The number of hydrogen-bond acceptors (Lipinski definition) is 8. The Morgan fingerprint density at radius 3 is 1.74 bits per heavy atom. The summed E-state index contributed by atoms with van der Waals surface area (Å²) in [5.74, 6) is -3.67. The largest absolute Gasteiger partial charge is 0.402 e. The van der Waals surface area contributed by atoms with Crippen molar-refractivity contribution >= 4 is 10.4 Å². The molecule has 0 saturated carbocycles. The molecular weight excluding hydrogens is 328 g/mol. The number of unbranched alkanes of at least 4 members (excludes halogenated alkanes) is 9. The van der Waals surface area contributed by atoms with Gasteiger partial charge in [0.25, 0.3) is 6.29 Å². The molecule has 0 rings (SSSR count). The van der Waals surface area contributed by atoms with E-state index in [4.69, 9.17) is 20.4 Å². The highest BCUT2D eigenvalue weighted by Gasteiger charge is 2.36. The van der Waals surface area contributed by atoms with E-state index in [-0.39, 0.29) is 6.61 Å². The van der Waals surface area contributed by atoms with Crippen LogP contribution >= 0.6 is 0 Å². The van der Waals surface area contributed by atoms with E-state index in [1.54, 1.807) is 0 Å². The molecular formula is C14H30O8S. The lowest BCUT2D eigenvalue weighted by Gasteiger charge is -2.19. The van der Waals surface area contributed by atoms with Gasteiger partial charge in [-0.2, -0.15) is 8.42 Å². The molecule has 0 aromatic carbocycles. The van der Waals surface area contributed by atoms with Crippen LogP contribution < -0.4 is 0 Å². The van der Waals surface area contributed by atoms with E-state index in [1.807, 2.05) is 0 Å². The summed E-state index contributed by atoms with van der Waals surface area (Å²) in [6, 6.07) is 0. The number of aliphatic hydroxyl groups excluding tert-OH is 1. The van der Waals surface area contributed by atoms with Gasteiger partial charge in [-0.25, -0.2) is 8.37 Å². The second-order valence-electron chi connectivity index (χ2n) is 5.55. The van der Waals surface area contributed by atoms with Crippen molar-refractivity contribution in [1.29, 1.82) is 0 Å². The Kier molecular flexibility index (Phi) is 12.0. The van der Waals surface area contributed by atoms with Gasteiger partial charge in [-0.3, -0.25) is 0 Å². The first kappa shape index (κ1) is 22.7. The predicted molar refractivity (Wildman–Crippen MR) is 83.2 cm³/mol. The minimum Gasteiger partial charge on any atom is -0.361 e. The summed E-state index contributed by atoms with van der Waals surface area (Å²) in [4.78, 5) is 0. The van der Waals surface area contributed by atoms with Crippen LogP contribution in [0, 0.1) is 0 Å². The van der Waals surface area contributed by atoms with Crippen molar-refractivity contribution in [3.63, 3.8) is 0 Å². The summed E-state index contributed by atoms with van der Waals surface area (Å²) < 4.78 is 30.7. The van der Waals surface area contributed by atoms with Gasteiger partial charge in [-0.15, -0.1) is 0 Å². The molecule has 0 aromatic rings. The van der Waals surface area contributed by atoms with Crippen molar-refractivity contribution in [2.45, 2.75) is 83.4 Å². The van der Waals surface area contributed by atoms with Crippen LogP contribution in [0.15, 0.2) is 0 Å². The maximum absolute atomic E-state index is 11.2. The molecule has 8 nitrogen and oxygen atoms in total. The molecule has 9 heteroatoms. The van der Waals surface area contributed by atoms with Crippen LogP contribution in [0.4, 0.5) is 0 Å². The fraction of sp³-hybridized carbons (Fsp3) is 1.00. The Labute approximate surface area is 138 Å². The highest BCUT2D eigenvalue weighted by molar-refractivity contribution is 7.81. The second kappa shape index (κ2) is 12.1. The molecule has 0 aliphatic heterocycles. The number of rotatable bonds is 15. The molecule has 1 unspecified atom stereocenters. The second-order valence-corrected chi connectivity index (χ2v) is 6.79. The Morgan fingerprint density at radius 1 is 0.870 bits per heavy atom. The van der Waals surface area contributed by atoms with Gasteiger partial charge in [0.15, 0.2) is 0 Å². The van der Waals surface area contributed by atoms with Gasteiger partial charge in [0, 0.05) is 0 Å². The zero-order valence-electron chi connectivity index (χ0n) is 13.7. The summed E-state index contributed by atoms with van der Waals surface area (Å²) in [6.45, 7) is 2.04. The van der Waals surface area contributed by atoms with E-state index in [9.17, 15) is 8.42 Å². The molecule has 0 aliphatic rings. The summed E-state index contributed by atoms with van der Waals surface area (Å²) in [5, 5.41) is 34.4. The monoisotopic (exact) mass is 358 g/mol. The maximum atomic E-state index is 11.2. The molecule has 1 atom stereocenters. The topological polar surface area (TPSA) is 134 Å². The van der Waals surface area contributed by atoms with Gasteiger partial charge in [0.05, 0.1) is 6.61 Å². The quantitative estimate of drug-likeness (QED) is 0.253. The first-order valence-electron chi connectivity index (χ1n) is 8.12. The van der Waals surface area contributed by atoms with Crippen molar-refractivity contribution in [2.24, 2.45) is 0 Å². The average molecular weight is 358 g/mol. The molecule has 0 aromatic heterocycles. The highest BCUT2D eigenvalue weighted by atomic mass is 32.3. The summed E-state index contributed by atoms with van der Waals surface area (Å²) in [6.07, 6.45) is 8.09. The van der Waals surface area contributed by atoms with E-state index >= 15 is 0 Å². The molecule has 0 amide bonds. The zero-order chi connectivity index (χ0) is 17.8. The molecule has 4 N–H and O–H groups in total. The van der Waals surface area contributed by atoms with Gasteiger partial charge in [-0.05, 0) is 6.42 Å². The normalized spacial score (nSPS) is 14.1. The van der Waals surface area contributed by atoms with Gasteiger partial charge >= 0.3 is 16.4 Å². The Balaban J connectivity index is 3.57. The molecule has 0 radical (unpaired) electrons. The molecule has 0 heterocycles. The fourth-order valence-electron chi connectivity index (χ4n) is 1.95. The number of aliphatic hydroxyl groups is 4. The summed E-state index contributed by atoms with van der Waals surface area (Å²) >= 11 is 0. The van der Waals surface area contributed by atoms with Crippen LogP contribution in [-0.4, -0.2) is 47.7 Å². The zero-order valence-corrected chi connectivity index (χ0v) is 14.5. The first-order chi connectivity index (χ1) is 10.7. The summed E-state index contributed by atoms with van der Waals surface area (Å²) in [5.41, 5.74) is 0. The summed E-state index contributed by atoms with van der Waals surface area (Å²) in [7, 11) is -4.60. The van der Waals surface area contributed by atoms with E-state index in [0.29, 0.717) is 6.42 Å². The average Bonchev–Trinajstić information content (AvgIpc) is 2.43. The molecule has 0 saturated heterocycles. The fourth-order valence-corrected chi connectivity index (χ4v) is 2.68. The lowest BCUT2D eigenvalue weighted by Crippen LogP contribution is -2.44. The minimum atomic E-state index is -4.60. The SMILES string of the molecule is CCCCCCCCCCCCOS(=O)(=O)OC(O)C(O)(O)O. The molecule has 23 heavy (non-hydrogen) atoms. The highest BCUT2D eigenvalue weighted by Crippen LogP contribution is 2.12. The molecule has 0 fully saturated rings. The third-order valence-electron chi connectivity index (χ3n) is 3.27. The van der Waals surface area contributed by atoms with Crippen LogP contribution in [0.5, 0.6) is 0 Å². The lowest BCUT2D eigenvalue weighted by atomic mass is 10.1. The van der Waals surface area contributed by atoms with E-state index < -0.39 is 22.7 Å². The Bertz CT molecular complexity index is 377. The molecule has 0 spiro atoms. The van der Waals surface area contributed by atoms with Crippen molar-refractivity contribution in [3.8, 4) is 0 Å². The minimum absolute atomic E-state index is 0.138. The lowest BCUT2D eigenvalue weighted by molar-refractivity contribution is -0.390. The van der Waals surface area contributed by atoms with Crippen LogP contribution in [0.2, 0.25) is 0 Å². The smallest absolute Gasteiger partial charge is 0.361 e. The van der Waals surface area contributed by atoms with Crippen molar-refractivity contribution < 1.29 is 37.2 Å². The third kappa shape index (κ3) is 13.8. The number of hydrogen-bond donors (Lipinski definition) is 4. The van der Waals surface area contributed by atoms with Gasteiger partial charge < -0.3 is 20.4 Å². The van der Waals surface area contributed by atoms with Crippen molar-refractivity contribution in [2.75, 3.05) is 6.61 Å². The third-order valence-corrected chi connectivity index (χ3v) is 4.14. The maximum Gasteiger partial charge on any atom is 0.402 e. The van der Waals surface area contributed by atoms with Crippen molar-refractivity contribution in [1.82, 2.24) is 0 Å². The van der Waals surface area contributed by atoms with Crippen LogP contribution in [0.25, 0.3) is 0 Å². The molecule has 140 valence electrons. The molecule has 0 bridgehead atoms. The Hall–Kier alpha value is -0.290. The van der Waals surface area contributed by atoms with E-state index in [2.05, 4.69) is 15.3 Å². The van der Waals surface area contributed by atoms with Gasteiger partial charge in [0.2, 0.25) is 0 Å². The first-order valence-corrected chi connectivity index (χ1v) is 9.45. The van der Waals surface area contributed by atoms with Crippen LogP contribution in [0.1, 0.15) is 71.1 Å².